The van der Waals surface area contributed by atoms with E-state index in [-0.39, 0.29) is 17.8 Å². The summed E-state index contributed by atoms with van der Waals surface area (Å²) < 4.78 is 4.61. The summed E-state index contributed by atoms with van der Waals surface area (Å²) >= 11 is 0. The normalized spacial score (nSPS) is 25.1. The number of rotatable bonds is 8. The van der Waals surface area contributed by atoms with Crippen molar-refractivity contribution in [3.63, 3.8) is 0 Å². The molecule has 0 saturated heterocycles. The van der Waals surface area contributed by atoms with E-state index >= 15 is 0 Å². The maximum atomic E-state index is 11.1. The smallest absolute Gasteiger partial charge is 0.305 e. The zero-order valence-electron chi connectivity index (χ0n) is 16.8. The summed E-state index contributed by atoms with van der Waals surface area (Å²) in [5.41, 5.74) is 0.825. The summed E-state index contributed by atoms with van der Waals surface area (Å²) in [6.07, 6.45) is 7.95. The molecule has 0 aliphatic heterocycles. The average Bonchev–Trinajstić information content (AvgIpc) is 3.00. The largest absolute Gasteiger partial charge is 0.469 e. The van der Waals surface area contributed by atoms with E-state index in [2.05, 4.69) is 16.6 Å². The summed E-state index contributed by atoms with van der Waals surface area (Å²) in [6.45, 7) is 0. The van der Waals surface area contributed by atoms with Gasteiger partial charge in [0.2, 0.25) is 0 Å². The fourth-order valence-corrected chi connectivity index (χ4v) is 3.50. The second kappa shape index (κ2) is 12.2. The first kappa shape index (κ1) is 22.9. The molecule has 0 bridgehead atoms. The highest BCUT2D eigenvalue weighted by atomic mass is 16.5. The van der Waals surface area contributed by atoms with Gasteiger partial charge in [0.15, 0.2) is 0 Å². The first-order chi connectivity index (χ1) is 14.0. The topological polar surface area (TPSA) is 87.0 Å². The van der Waals surface area contributed by atoms with Crippen molar-refractivity contribution in [3.8, 4) is 11.8 Å². The van der Waals surface area contributed by atoms with Gasteiger partial charge < -0.3 is 20.1 Å². The quantitative estimate of drug-likeness (QED) is 0.271. The van der Waals surface area contributed by atoms with Gasteiger partial charge in [-0.25, -0.2) is 0 Å². The fraction of sp³-hybridized carbons (Fsp3) is 0.458. The van der Waals surface area contributed by atoms with Crippen LogP contribution in [0.2, 0.25) is 0 Å². The minimum Gasteiger partial charge on any atom is -0.469 e. The average molecular weight is 398 g/mol. The van der Waals surface area contributed by atoms with Gasteiger partial charge in [0.1, 0.15) is 6.10 Å². The number of hydrogen-bond acceptors (Lipinski definition) is 5. The van der Waals surface area contributed by atoms with E-state index in [1.165, 1.54) is 7.11 Å². The highest BCUT2D eigenvalue weighted by Gasteiger charge is 2.39. The lowest BCUT2D eigenvalue weighted by atomic mass is 9.89. The van der Waals surface area contributed by atoms with Gasteiger partial charge in [-0.2, -0.15) is 0 Å². The van der Waals surface area contributed by atoms with Crippen molar-refractivity contribution in [3.05, 3.63) is 60.2 Å². The van der Waals surface area contributed by atoms with E-state index in [1.807, 2.05) is 42.5 Å². The fourth-order valence-electron chi connectivity index (χ4n) is 3.50. The van der Waals surface area contributed by atoms with E-state index < -0.39 is 18.3 Å². The third-order valence-corrected chi connectivity index (χ3v) is 5.12. The number of benzene rings is 1. The van der Waals surface area contributed by atoms with Crippen LogP contribution in [-0.2, 0) is 9.53 Å². The molecular formula is C24H30O5. The number of allylic oxidation sites excluding steroid dienone is 2. The Bertz CT molecular complexity index is 744. The van der Waals surface area contributed by atoms with E-state index in [0.29, 0.717) is 25.7 Å². The van der Waals surface area contributed by atoms with Crippen LogP contribution in [0.25, 0.3) is 0 Å². The van der Waals surface area contributed by atoms with Crippen molar-refractivity contribution < 1.29 is 24.9 Å². The molecule has 5 atom stereocenters. The van der Waals surface area contributed by atoms with E-state index in [9.17, 15) is 20.1 Å². The minimum atomic E-state index is -0.935. The number of carbonyl (C=O) groups is 1. The SMILES string of the molecule is COC(=O)CCC/C=C\C[C@@H]1[C@@H](/C=C/C(O)C#Cc2ccccc2)[C@H](O)C[C@@H]1O. The first-order valence-corrected chi connectivity index (χ1v) is 10.0. The van der Waals surface area contributed by atoms with Crippen LogP contribution in [0.3, 0.4) is 0 Å². The molecule has 5 heteroatoms. The number of unbranched alkanes of at least 4 members (excludes halogenated alkanes) is 1. The van der Waals surface area contributed by atoms with E-state index in [0.717, 1.165) is 12.0 Å². The number of methoxy groups -OCH3 is 1. The van der Waals surface area contributed by atoms with Crippen LogP contribution in [0.4, 0.5) is 0 Å². The standard InChI is InChI=1S/C24H30O5/c1-29-24(28)12-8-3-2-7-11-20-21(23(27)17-22(20)26)16-15-19(25)14-13-18-9-5-4-6-10-18/h2,4-7,9-10,15-16,19-23,25-27H,3,8,11-12,17H2,1H3/b7-2-,16-15+/t19?,20-,21-,22+,23-/m1/s1. The minimum absolute atomic E-state index is 0.118. The summed E-state index contributed by atoms with van der Waals surface area (Å²) in [4.78, 5) is 11.1. The third-order valence-electron chi connectivity index (χ3n) is 5.12. The van der Waals surface area contributed by atoms with Gasteiger partial charge in [-0.15, -0.1) is 0 Å². The lowest BCUT2D eigenvalue weighted by Crippen LogP contribution is -2.20. The molecule has 1 aromatic carbocycles. The molecule has 0 heterocycles. The van der Waals surface area contributed by atoms with Crippen LogP contribution in [0, 0.1) is 23.7 Å². The van der Waals surface area contributed by atoms with Crippen LogP contribution in [-0.4, -0.2) is 46.7 Å². The Hall–Kier alpha value is -2.39. The Morgan fingerprint density at radius 2 is 2.00 bits per heavy atom. The maximum Gasteiger partial charge on any atom is 0.305 e. The molecule has 0 amide bonds. The predicted octanol–water partition coefficient (Wildman–Crippen LogP) is 2.60. The second-order valence-corrected chi connectivity index (χ2v) is 7.25. The predicted molar refractivity (Wildman–Crippen MR) is 112 cm³/mol. The van der Waals surface area contributed by atoms with Gasteiger partial charge in [-0.05, 0) is 43.4 Å². The molecule has 2 rings (SSSR count). The van der Waals surface area contributed by atoms with Crippen LogP contribution in [0.15, 0.2) is 54.6 Å². The molecule has 1 aliphatic rings. The number of ether oxygens (including phenoxy) is 1. The summed E-state index contributed by atoms with van der Waals surface area (Å²) in [6, 6.07) is 9.41. The third kappa shape index (κ3) is 7.86. The lowest BCUT2D eigenvalue weighted by Gasteiger charge is -2.19. The van der Waals surface area contributed by atoms with E-state index in [4.69, 9.17) is 0 Å². The Morgan fingerprint density at radius 1 is 1.24 bits per heavy atom. The monoisotopic (exact) mass is 398 g/mol. The van der Waals surface area contributed by atoms with Crippen molar-refractivity contribution in [2.45, 2.75) is 50.4 Å². The number of hydrogen-bond donors (Lipinski definition) is 3. The van der Waals surface area contributed by atoms with Gasteiger partial charge in [0, 0.05) is 24.3 Å². The Balaban J connectivity index is 1.87. The van der Waals surface area contributed by atoms with Crippen molar-refractivity contribution in [1.82, 2.24) is 0 Å². The highest BCUT2D eigenvalue weighted by Crippen LogP contribution is 2.36. The van der Waals surface area contributed by atoms with Gasteiger partial charge in [0.05, 0.1) is 19.3 Å². The van der Waals surface area contributed by atoms with Crippen molar-refractivity contribution in [2.24, 2.45) is 11.8 Å². The van der Waals surface area contributed by atoms with E-state index in [1.54, 1.807) is 12.2 Å². The molecule has 3 N–H and O–H groups in total. The first-order valence-electron chi connectivity index (χ1n) is 10.0. The summed E-state index contributed by atoms with van der Waals surface area (Å²) in [7, 11) is 1.38. The summed E-state index contributed by atoms with van der Waals surface area (Å²) in [5.74, 6) is 5.10. The molecule has 0 spiro atoms. The maximum absolute atomic E-state index is 11.1. The molecule has 1 saturated carbocycles. The second-order valence-electron chi connectivity index (χ2n) is 7.25. The Morgan fingerprint density at radius 3 is 2.72 bits per heavy atom. The van der Waals surface area contributed by atoms with Gasteiger partial charge in [-0.3, -0.25) is 4.79 Å². The number of carbonyl (C=O) groups excluding carboxylic acids is 1. The van der Waals surface area contributed by atoms with Gasteiger partial charge in [0.25, 0.3) is 0 Å². The van der Waals surface area contributed by atoms with Crippen molar-refractivity contribution >= 4 is 5.97 Å². The molecule has 0 aromatic heterocycles. The van der Waals surface area contributed by atoms with Crippen LogP contribution < -0.4 is 0 Å². The number of aliphatic hydroxyl groups is 3. The number of aliphatic hydroxyl groups excluding tert-OH is 3. The zero-order chi connectivity index (χ0) is 21.1. The lowest BCUT2D eigenvalue weighted by molar-refractivity contribution is -0.140. The molecule has 0 radical (unpaired) electrons. The molecule has 1 unspecified atom stereocenters. The Labute approximate surface area is 172 Å². The molecule has 1 aromatic rings. The van der Waals surface area contributed by atoms with Crippen molar-refractivity contribution in [1.29, 1.82) is 0 Å². The highest BCUT2D eigenvalue weighted by molar-refractivity contribution is 5.69. The van der Waals surface area contributed by atoms with Crippen LogP contribution in [0.5, 0.6) is 0 Å². The summed E-state index contributed by atoms with van der Waals surface area (Å²) in [5, 5.41) is 30.6. The van der Waals surface area contributed by atoms with Crippen LogP contribution in [0.1, 0.15) is 37.7 Å². The number of esters is 1. The van der Waals surface area contributed by atoms with Crippen LogP contribution >= 0.6 is 0 Å². The van der Waals surface area contributed by atoms with Gasteiger partial charge in [-0.1, -0.05) is 48.3 Å². The van der Waals surface area contributed by atoms with Crippen molar-refractivity contribution in [2.75, 3.05) is 7.11 Å². The molecule has 5 nitrogen and oxygen atoms in total. The Kier molecular flexibility index (Phi) is 9.66. The molecule has 1 fully saturated rings. The zero-order valence-corrected chi connectivity index (χ0v) is 16.8. The molecular weight excluding hydrogens is 368 g/mol. The molecule has 1 aliphatic carbocycles. The molecule has 29 heavy (non-hydrogen) atoms. The van der Waals surface area contributed by atoms with Gasteiger partial charge >= 0.3 is 5.97 Å². The molecule has 156 valence electrons.